The van der Waals surface area contributed by atoms with Crippen LogP contribution in [0.1, 0.15) is 84.0 Å². The van der Waals surface area contributed by atoms with Crippen molar-refractivity contribution in [3.63, 3.8) is 0 Å². The van der Waals surface area contributed by atoms with Gasteiger partial charge >= 0.3 is 5.97 Å². The smallest absolute Gasteiger partial charge is 0.314 e. The summed E-state index contributed by atoms with van der Waals surface area (Å²) in [4.78, 5) is 12.8. The minimum absolute atomic E-state index is 0.0726. The molecule has 0 heterocycles. The van der Waals surface area contributed by atoms with Crippen molar-refractivity contribution in [2.75, 3.05) is 6.61 Å². The van der Waals surface area contributed by atoms with Crippen molar-refractivity contribution >= 4 is 5.97 Å². The highest BCUT2D eigenvalue weighted by molar-refractivity contribution is 5.75. The molecule has 0 aromatic heterocycles. The highest BCUT2D eigenvalue weighted by Crippen LogP contribution is 2.49. The van der Waals surface area contributed by atoms with E-state index in [9.17, 15) is 9.18 Å². The SMILES string of the molecule is C=CCCC1CCC2CC(C3CCC(C(=O)Oc4ccc(OC/C=C/C)c(F)c4)CC3)CCC2C1. The summed E-state index contributed by atoms with van der Waals surface area (Å²) in [7, 11) is 0. The number of hydrogen-bond donors (Lipinski definition) is 0. The predicted octanol–water partition coefficient (Wildman–Crippen LogP) is 8.29. The highest BCUT2D eigenvalue weighted by atomic mass is 19.1. The van der Waals surface area contributed by atoms with Crippen LogP contribution in [-0.2, 0) is 4.79 Å². The molecule has 4 unspecified atom stereocenters. The standard InChI is InChI=1S/C31H43FO3/c1-3-5-7-22-8-9-27-20-26(15-14-25(27)19-22)23-10-12-24(13-11-23)31(33)35-28-16-17-30(29(32)21-28)34-18-6-4-2/h3-4,6,16-17,21-27H,1,5,7-15,18-20H2,2H3/b6-4+. The number of ether oxygens (including phenoxy) is 2. The second-order valence-electron chi connectivity index (χ2n) is 11.1. The van der Waals surface area contributed by atoms with Gasteiger partial charge in [0.2, 0.25) is 0 Å². The zero-order valence-corrected chi connectivity index (χ0v) is 21.4. The Bertz CT molecular complexity index is 870. The molecule has 35 heavy (non-hydrogen) atoms. The molecule has 0 bridgehead atoms. The Labute approximate surface area is 211 Å². The maximum absolute atomic E-state index is 14.3. The lowest BCUT2D eigenvalue weighted by atomic mass is 9.60. The van der Waals surface area contributed by atoms with Crippen LogP contribution in [0.25, 0.3) is 0 Å². The third kappa shape index (κ3) is 6.98. The van der Waals surface area contributed by atoms with Crippen molar-refractivity contribution in [1.29, 1.82) is 0 Å². The minimum Gasteiger partial charge on any atom is -0.486 e. The first-order valence-electron chi connectivity index (χ1n) is 13.9. The topological polar surface area (TPSA) is 35.5 Å². The third-order valence-corrected chi connectivity index (χ3v) is 9.01. The van der Waals surface area contributed by atoms with Gasteiger partial charge in [0.05, 0.1) is 5.92 Å². The lowest BCUT2D eigenvalue weighted by Crippen LogP contribution is -2.35. The molecule has 0 N–H and O–H groups in total. The number of allylic oxidation sites excluding steroid dienone is 2. The summed E-state index contributed by atoms with van der Waals surface area (Å²) >= 11 is 0. The maximum atomic E-state index is 14.3. The Kier molecular flexibility index (Phi) is 9.45. The molecule has 4 heteroatoms. The molecule has 0 radical (unpaired) electrons. The van der Waals surface area contributed by atoms with Crippen molar-refractivity contribution in [1.82, 2.24) is 0 Å². The van der Waals surface area contributed by atoms with E-state index in [-0.39, 0.29) is 23.4 Å². The van der Waals surface area contributed by atoms with Gasteiger partial charge in [0.25, 0.3) is 0 Å². The van der Waals surface area contributed by atoms with Gasteiger partial charge in [-0.05, 0) is 119 Å². The molecule has 4 rings (SSSR count). The van der Waals surface area contributed by atoms with Crippen LogP contribution in [0.3, 0.4) is 0 Å². The van der Waals surface area contributed by atoms with Crippen LogP contribution >= 0.6 is 0 Å². The summed E-state index contributed by atoms with van der Waals surface area (Å²) in [6.07, 6.45) is 20.7. The van der Waals surface area contributed by atoms with Gasteiger partial charge in [-0.25, -0.2) is 4.39 Å². The summed E-state index contributed by atoms with van der Waals surface area (Å²) in [5.41, 5.74) is 0. The number of halogens is 1. The van der Waals surface area contributed by atoms with Crippen LogP contribution in [0, 0.1) is 41.3 Å². The van der Waals surface area contributed by atoms with Crippen LogP contribution < -0.4 is 9.47 Å². The monoisotopic (exact) mass is 482 g/mol. The van der Waals surface area contributed by atoms with Gasteiger partial charge in [-0.3, -0.25) is 4.79 Å². The first-order chi connectivity index (χ1) is 17.1. The van der Waals surface area contributed by atoms with Crippen molar-refractivity contribution in [3.05, 3.63) is 48.8 Å². The second kappa shape index (κ2) is 12.7. The summed E-state index contributed by atoms with van der Waals surface area (Å²) in [6, 6.07) is 4.39. The second-order valence-corrected chi connectivity index (χ2v) is 11.1. The Morgan fingerprint density at radius 2 is 1.69 bits per heavy atom. The number of carbonyl (C=O) groups excluding carboxylic acids is 1. The van der Waals surface area contributed by atoms with E-state index in [0.717, 1.165) is 55.3 Å². The molecule has 0 spiro atoms. The Morgan fingerprint density at radius 3 is 2.40 bits per heavy atom. The maximum Gasteiger partial charge on any atom is 0.314 e. The zero-order valence-electron chi connectivity index (χ0n) is 21.4. The zero-order chi connectivity index (χ0) is 24.6. The Balaban J connectivity index is 1.21. The Hall–Kier alpha value is -2.10. The van der Waals surface area contributed by atoms with Crippen LogP contribution in [-0.4, -0.2) is 12.6 Å². The largest absolute Gasteiger partial charge is 0.486 e. The van der Waals surface area contributed by atoms with Gasteiger partial charge in [0, 0.05) is 6.07 Å². The third-order valence-electron chi connectivity index (χ3n) is 9.01. The van der Waals surface area contributed by atoms with Crippen LogP contribution in [0.4, 0.5) is 4.39 Å². The van der Waals surface area contributed by atoms with Gasteiger partial charge in [-0.15, -0.1) is 6.58 Å². The van der Waals surface area contributed by atoms with Crippen molar-refractivity contribution in [2.45, 2.75) is 84.0 Å². The normalized spacial score (nSPS) is 31.0. The molecule has 1 aromatic carbocycles. The van der Waals surface area contributed by atoms with Crippen LogP contribution in [0.2, 0.25) is 0 Å². The number of fused-ring (bicyclic) bond motifs is 1. The lowest BCUT2D eigenvalue weighted by Gasteiger charge is -2.45. The fourth-order valence-corrected chi connectivity index (χ4v) is 6.99. The fourth-order valence-electron chi connectivity index (χ4n) is 6.99. The van der Waals surface area contributed by atoms with E-state index in [4.69, 9.17) is 9.47 Å². The summed E-state index contributed by atoms with van der Waals surface area (Å²) in [5.74, 6) is 4.02. The molecule has 3 fully saturated rings. The van der Waals surface area contributed by atoms with Gasteiger partial charge < -0.3 is 9.47 Å². The van der Waals surface area contributed by atoms with Crippen molar-refractivity contribution in [3.8, 4) is 11.5 Å². The number of hydrogen-bond acceptors (Lipinski definition) is 3. The summed E-state index contributed by atoms with van der Waals surface area (Å²) < 4.78 is 25.2. The first-order valence-corrected chi connectivity index (χ1v) is 13.9. The average Bonchev–Trinajstić information content (AvgIpc) is 2.88. The van der Waals surface area contributed by atoms with E-state index in [0.29, 0.717) is 6.61 Å². The van der Waals surface area contributed by atoms with E-state index in [1.165, 1.54) is 63.5 Å². The van der Waals surface area contributed by atoms with Crippen molar-refractivity contribution < 1.29 is 18.7 Å². The average molecular weight is 483 g/mol. The van der Waals surface area contributed by atoms with E-state index >= 15 is 0 Å². The van der Waals surface area contributed by atoms with E-state index in [1.54, 1.807) is 6.07 Å². The highest BCUT2D eigenvalue weighted by Gasteiger charge is 2.39. The summed E-state index contributed by atoms with van der Waals surface area (Å²) in [5, 5.41) is 0. The molecular formula is C31H43FO3. The quantitative estimate of drug-likeness (QED) is 0.202. The molecule has 0 aliphatic heterocycles. The van der Waals surface area contributed by atoms with E-state index < -0.39 is 5.82 Å². The molecular weight excluding hydrogens is 439 g/mol. The van der Waals surface area contributed by atoms with E-state index in [2.05, 4.69) is 12.7 Å². The van der Waals surface area contributed by atoms with Crippen LogP contribution in [0.5, 0.6) is 11.5 Å². The molecule has 1 aromatic rings. The molecule has 0 saturated heterocycles. The van der Waals surface area contributed by atoms with Gasteiger partial charge in [-0.1, -0.05) is 24.6 Å². The number of benzene rings is 1. The molecule has 3 saturated carbocycles. The Morgan fingerprint density at radius 1 is 1.00 bits per heavy atom. The van der Waals surface area contributed by atoms with Crippen molar-refractivity contribution in [2.24, 2.45) is 35.5 Å². The molecule has 3 nitrogen and oxygen atoms in total. The summed E-state index contributed by atoms with van der Waals surface area (Å²) in [6.45, 7) is 6.09. The van der Waals surface area contributed by atoms with Gasteiger partial charge in [0.15, 0.2) is 11.6 Å². The van der Waals surface area contributed by atoms with Crippen LogP contribution in [0.15, 0.2) is 43.0 Å². The number of rotatable bonds is 9. The molecule has 0 amide bonds. The van der Waals surface area contributed by atoms with Gasteiger partial charge in [0.1, 0.15) is 12.4 Å². The van der Waals surface area contributed by atoms with Gasteiger partial charge in [-0.2, -0.15) is 0 Å². The molecule has 3 aliphatic rings. The number of carbonyl (C=O) groups is 1. The fraction of sp³-hybridized carbons (Fsp3) is 0.645. The number of esters is 1. The predicted molar refractivity (Wildman–Crippen MR) is 139 cm³/mol. The molecule has 4 atom stereocenters. The first kappa shape index (κ1) is 26.0. The molecule has 3 aliphatic carbocycles. The lowest BCUT2D eigenvalue weighted by molar-refractivity contribution is -0.140. The molecule has 192 valence electrons. The minimum atomic E-state index is -0.506. The van der Waals surface area contributed by atoms with E-state index in [1.807, 2.05) is 19.1 Å².